The molecular formula is C20H29N3O3. The van der Waals surface area contributed by atoms with E-state index >= 15 is 0 Å². The summed E-state index contributed by atoms with van der Waals surface area (Å²) in [5.41, 5.74) is 2.11. The minimum atomic E-state index is -0.198. The van der Waals surface area contributed by atoms with Gasteiger partial charge >= 0.3 is 6.03 Å². The summed E-state index contributed by atoms with van der Waals surface area (Å²) in [6.45, 7) is 6.26. The molecule has 2 aromatic rings. The molecule has 0 spiro atoms. The lowest BCUT2D eigenvalue weighted by Gasteiger charge is -2.25. The molecule has 142 valence electrons. The lowest BCUT2D eigenvalue weighted by molar-refractivity contribution is 0.230. The smallest absolute Gasteiger partial charge is 0.315 e. The molecule has 1 heterocycles. The molecule has 2 unspecified atom stereocenters. The summed E-state index contributed by atoms with van der Waals surface area (Å²) in [4.78, 5) is 14.4. The predicted octanol–water partition coefficient (Wildman–Crippen LogP) is 3.57. The predicted molar refractivity (Wildman–Crippen MR) is 103 cm³/mol. The Morgan fingerprint density at radius 3 is 2.38 bits per heavy atom. The second kappa shape index (κ2) is 8.76. The standard InChI is InChI=1S/C20H29N3O3/c1-13-11-18(15(3)26-13)14(2)22-20(24)21-12-19(23(4)5)16-7-9-17(25-6)10-8-16/h7-11,14,19H,12H2,1-6H3,(H2,21,22,24). The van der Waals surface area contributed by atoms with Gasteiger partial charge in [0.1, 0.15) is 17.3 Å². The second-order valence-corrected chi connectivity index (χ2v) is 6.70. The Bertz CT molecular complexity index is 722. The Morgan fingerprint density at radius 2 is 1.88 bits per heavy atom. The monoisotopic (exact) mass is 359 g/mol. The number of carbonyl (C=O) groups is 1. The zero-order chi connectivity index (χ0) is 19.3. The van der Waals surface area contributed by atoms with Crippen LogP contribution >= 0.6 is 0 Å². The molecule has 2 atom stereocenters. The van der Waals surface area contributed by atoms with Crippen molar-refractivity contribution >= 4 is 6.03 Å². The molecule has 2 rings (SSSR count). The second-order valence-electron chi connectivity index (χ2n) is 6.70. The van der Waals surface area contributed by atoms with E-state index in [4.69, 9.17) is 9.15 Å². The van der Waals surface area contributed by atoms with E-state index in [1.165, 1.54) is 0 Å². The van der Waals surface area contributed by atoms with E-state index in [0.29, 0.717) is 6.54 Å². The summed E-state index contributed by atoms with van der Waals surface area (Å²) in [7, 11) is 5.64. The van der Waals surface area contributed by atoms with Crippen molar-refractivity contribution in [2.75, 3.05) is 27.7 Å². The number of aryl methyl sites for hydroxylation is 2. The van der Waals surface area contributed by atoms with E-state index in [2.05, 4.69) is 15.5 Å². The van der Waals surface area contributed by atoms with Crippen molar-refractivity contribution in [3.63, 3.8) is 0 Å². The molecule has 0 bridgehead atoms. The number of urea groups is 1. The number of nitrogens with zero attached hydrogens (tertiary/aromatic N) is 1. The fourth-order valence-electron chi connectivity index (χ4n) is 3.02. The third kappa shape index (κ3) is 5.02. The highest BCUT2D eigenvalue weighted by atomic mass is 16.5. The molecule has 0 aliphatic carbocycles. The topological polar surface area (TPSA) is 66.7 Å². The van der Waals surface area contributed by atoms with Gasteiger partial charge in [0.15, 0.2) is 0 Å². The first-order chi connectivity index (χ1) is 12.3. The number of amides is 2. The summed E-state index contributed by atoms with van der Waals surface area (Å²) in [6, 6.07) is 9.60. The number of nitrogens with one attached hydrogen (secondary N) is 2. The quantitative estimate of drug-likeness (QED) is 0.793. The van der Waals surface area contributed by atoms with E-state index in [1.807, 2.05) is 65.2 Å². The van der Waals surface area contributed by atoms with Crippen LogP contribution in [0.2, 0.25) is 0 Å². The number of carbonyl (C=O) groups excluding carboxylic acids is 1. The molecule has 2 N–H and O–H groups in total. The van der Waals surface area contributed by atoms with Crippen molar-refractivity contribution < 1.29 is 13.9 Å². The van der Waals surface area contributed by atoms with Crippen LogP contribution < -0.4 is 15.4 Å². The number of furan rings is 1. The molecule has 1 aromatic carbocycles. The lowest BCUT2D eigenvalue weighted by Crippen LogP contribution is -2.41. The maximum Gasteiger partial charge on any atom is 0.315 e. The van der Waals surface area contributed by atoms with Gasteiger partial charge in [-0.1, -0.05) is 12.1 Å². The number of benzene rings is 1. The zero-order valence-electron chi connectivity index (χ0n) is 16.4. The van der Waals surface area contributed by atoms with E-state index < -0.39 is 0 Å². The van der Waals surface area contributed by atoms with E-state index in [-0.39, 0.29) is 18.1 Å². The van der Waals surface area contributed by atoms with Crippen molar-refractivity contribution in [3.05, 3.63) is 53.0 Å². The summed E-state index contributed by atoms with van der Waals surface area (Å²) < 4.78 is 10.7. The van der Waals surface area contributed by atoms with E-state index in [1.54, 1.807) is 7.11 Å². The van der Waals surface area contributed by atoms with Crippen LogP contribution in [0.1, 0.15) is 41.7 Å². The average molecular weight is 359 g/mol. The Kier molecular flexibility index (Phi) is 6.69. The van der Waals surface area contributed by atoms with Gasteiger partial charge in [-0.2, -0.15) is 0 Å². The minimum absolute atomic E-state index is 0.0693. The molecule has 0 radical (unpaired) electrons. The Morgan fingerprint density at radius 1 is 1.23 bits per heavy atom. The van der Waals surface area contributed by atoms with Crippen molar-refractivity contribution in [2.24, 2.45) is 0 Å². The highest BCUT2D eigenvalue weighted by molar-refractivity contribution is 5.74. The molecular weight excluding hydrogens is 330 g/mol. The highest BCUT2D eigenvalue weighted by Gasteiger charge is 2.18. The molecule has 0 saturated heterocycles. The number of methoxy groups -OCH3 is 1. The number of ether oxygens (including phenoxy) is 1. The lowest BCUT2D eigenvalue weighted by atomic mass is 10.1. The third-order valence-electron chi connectivity index (χ3n) is 4.47. The van der Waals surface area contributed by atoms with Gasteiger partial charge in [-0.15, -0.1) is 0 Å². The summed E-state index contributed by atoms with van der Waals surface area (Å²) in [6.07, 6.45) is 0. The van der Waals surface area contributed by atoms with Gasteiger partial charge in [0, 0.05) is 12.1 Å². The number of rotatable bonds is 7. The number of hydrogen-bond acceptors (Lipinski definition) is 4. The molecule has 1 aromatic heterocycles. The first-order valence-electron chi connectivity index (χ1n) is 8.73. The summed E-state index contributed by atoms with van der Waals surface area (Å²) in [5.74, 6) is 2.50. The third-order valence-corrected chi connectivity index (χ3v) is 4.47. The molecule has 0 fully saturated rings. The van der Waals surface area contributed by atoms with Crippen molar-refractivity contribution in [2.45, 2.75) is 32.9 Å². The van der Waals surface area contributed by atoms with Crippen LogP contribution in [-0.4, -0.2) is 38.7 Å². The van der Waals surface area contributed by atoms with Gasteiger partial charge < -0.3 is 24.7 Å². The number of likely N-dealkylation sites (N-methyl/N-ethyl adjacent to an activating group) is 1. The zero-order valence-corrected chi connectivity index (χ0v) is 16.4. The Labute approximate surface area is 155 Å². The number of hydrogen-bond donors (Lipinski definition) is 2. The van der Waals surface area contributed by atoms with Crippen LogP contribution in [0, 0.1) is 13.8 Å². The van der Waals surface area contributed by atoms with Gasteiger partial charge in [-0.25, -0.2) is 4.79 Å². The summed E-state index contributed by atoms with van der Waals surface area (Å²) in [5, 5.41) is 5.93. The maximum atomic E-state index is 12.3. The van der Waals surface area contributed by atoms with Gasteiger partial charge in [0.05, 0.1) is 19.2 Å². The molecule has 6 heteroatoms. The van der Waals surface area contributed by atoms with Gasteiger partial charge in [-0.3, -0.25) is 0 Å². The first-order valence-corrected chi connectivity index (χ1v) is 8.73. The van der Waals surface area contributed by atoms with Crippen LogP contribution in [0.25, 0.3) is 0 Å². The molecule has 26 heavy (non-hydrogen) atoms. The van der Waals surface area contributed by atoms with Crippen molar-refractivity contribution in [3.8, 4) is 5.75 Å². The van der Waals surface area contributed by atoms with Crippen molar-refractivity contribution in [1.29, 1.82) is 0 Å². The fourth-order valence-corrected chi connectivity index (χ4v) is 3.02. The molecule has 0 aliphatic rings. The minimum Gasteiger partial charge on any atom is -0.497 e. The fraction of sp³-hybridized carbons (Fsp3) is 0.450. The van der Waals surface area contributed by atoms with Crippen LogP contribution in [0.5, 0.6) is 5.75 Å². The first kappa shape index (κ1) is 19.8. The average Bonchev–Trinajstić information content (AvgIpc) is 2.93. The Hall–Kier alpha value is -2.47. The molecule has 0 saturated carbocycles. The molecule has 6 nitrogen and oxygen atoms in total. The largest absolute Gasteiger partial charge is 0.497 e. The van der Waals surface area contributed by atoms with Gasteiger partial charge in [0.25, 0.3) is 0 Å². The van der Waals surface area contributed by atoms with Crippen molar-refractivity contribution in [1.82, 2.24) is 15.5 Å². The van der Waals surface area contributed by atoms with Gasteiger partial charge in [-0.05, 0) is 58.6 Å². The highest BCUT2D eigenvalue weighted by Crippen LogP contribution is 2.22. The molecule has 0 aliphatic heterocycles. The summed E-state index contributed by atoms with van der Waals surface area (Å²) >= 11 is 0. The van der Waals surface area contributed by atoms with Crippen LogP contribution in [0.3, 0.4) is 0 Å². The normalized spacial score (nSPS) is 13.3. The van der Waals surface area contributed by atoms with Crippen LogP contribution in [-0.2, 0) is 0 Å². The Balaban J connectivity index is 1.95. The van der Waals surface area contributed by atoms with E-state index in [9.17, 15) is 4.79 Å². The maximum absolute atomic E-state index is 12.3. The SMILES string of the molecule is COc1ccc(C(CNC(=O)NC(C)c2cc(C)oc2C)N(C)C)cc1. The van der Waals surface area contributed by atoms with Crippen LogP contribution in [0.15, 0.2) is 34.7 Å². The van der Waals surface area contributed by atoms with Gasteiger partial charge in [0.2, 0.25) is 0 Å². The van der Waals surface area contributed by atoms with E-state index in [0.717, 1.165) is 28.4 Å². The molecule has 2 amide bonds. The van der Waals surface area contributed by atoms with Crippen LogP contribution in [0.4, 0.5) is 4.79 Å².